The molecule has 0 saturated carbocycles. The molecular weight excluding hydrogens is 655 g/mol. The van der Waals surface area contributed by atoms with Gasteiger partial charge in [-0.2, -0.15) is 11.8 Å². The normalized spacial score (nSPS) is 16.4. The molecule has 2 unspecified atom stereocenters. The number of benzene rings is 2. The largest absolute Gasteiger partial charge is 0.458 e. The third kappa shape index (κ3) is 10.2. The first-order chi connectivity index (χ1) is 22.0. The summed E-state index contributed by atoms with van der Waals surface area (Å²) in [5.41, 5.74) is 7.61. The summed E-state index contributed by atoms with van der Waals surface area (Å²) in [6.07, 6.45) is 0.716. The summed E-state index contributed by atoms with van der Waals surface area (Å²) in [7, 11) is 4.59. The number of carbonyl (C=O) groups is 4. The number of hydrogen-bond acceptors (Lipinski definition) is 10. The number of nitrogens with two attached hydrogens (primary N) is 1. The van der Waals surface area contributed by atoms with E-state index < -0.39 is 47.5 Å². The Morgan fingerprint density at radius 2 is 1.64 bits per heavy atom. The molecule has 3 amide bonds. The van der Waals surface area contributed by atoms with Crippen molar-refractivity contribution in [2.45, 2.75) is 83.5 Å². The number of ether oxygens (including phenoxy) is 1. The number of benzodiazepines with no additional fused rings is 1. The number of amides is 3. The molecule has 0 aromatic heterocycles. The summed E-state index contributed by atoms with van der Waals surface area (Å²) in [5.74, 6) is -1.52. The molecule has 1 heterocycles. The molecular formula is C34H47N5O5S3. The molecule has 0 fully saturated rings. The van der Waals surface area contributed by atoms with Crippen molar-refractivity contribution >= 4 is 68.4 Å². The van der Waals surface area contributed by atoms with Crippen molar-refractivity contribution in [3.8, 4) is 0 Å². The van der Waals surface area contributed by atoms with Crippen LogP contribution in [0.15, 0.2) is 59.6 Å². The average molecular weight is 702 g/mol. The van der Waals surface area contributed by atoms with Gasteiger partial charge in [-0.15, -0.1) is 0 Å². The molecule has 2 N–H and O–H groups in total. The number of likely N-dealkylation sites (N-methyl/N-ethyl adjacent to an activating group) is 1. The number of esters is 1. The Labute approximate surface area is 291 Å². The molecule has 2 aromatic carbocycles. The lowest BCUT2D eigenvalue weighted by molar-refractivity contribution is -0.166. The number of hydrazine groups is 1. The van der Waals surface area contributed by atoms with E-state index in [-0.39, 0.29) is 11.2 Å². The van der Waals surface area contributed by atoms with Crippen molar-refractivity contribution < 1.29 is 23.9 Å². The van der Waals surface area contributed by atoms with Gasteiger partial charge >= 0.3 is 5.97 Å². The third-order valence-electron chi connectivity index (χ3n) is 6.81. The zero-order valence-electron chi connectivity index (χ0n) is 28.7. The first-order valence-electron chi connectivity index (χ1n) is 15.4. The highest BCUT2D eigenvalue weighted by molar-refractivity contribution is 8.77. The average Bonchev–Trinajstić information content (AvgIpc) is 3.11. The van der Waals surface area contributed by atoms with Crippen LogP contribution in [0.3, 0.4) is 0 Å². The van der Waals surface area contributed by atoms with Crippen molar-refractivity contribution in [2.75, 3.05) is 29.8 Å². The summed E-state index contributed by atoms with van der Waals surface area (Å²) in [6.45, 7) is 12.8. The number of thioether (sulfide) groups is 1. The van der Waals surface area contributed by atoms with E-state index in [1.165, 1.54) is 46.4 Å². The van der Waals surface area contributed by atoms with Gasteiger partial charge in [-0.3, -0.25) is 14.4 Å². The molecule has 3 atom stereocenters. The lowest BCUT2D eigenvalue weighted by atomic mass is 10.0. The minimum Gasteiger partial charge on any atom is -0.458 e. The monoisotopic (exact) mass is 701 g/mol. The smallest absolute Gasteiger partial charge is 0.331 e. The molecule has 47 heavy (non-hydrogen) atoms. The molecule has 10 nitrogen and oxygen atoms in total. The van der Waals surface area contributed by atoms with Crippen LogP contribution < -0.4 is 10.7 Å². The fourth-order valence-corrected chi connectivity index (χ4v) is 7.69. The Morgan fingerprint density at radius 3 is 2.21 bits per heavy atom. The van der Waals surface area contributed by atoms with Crippen LogP contribution in [-0.4, -0.2) is 92.7 Å². The highest BCUT2D eigenvalue weighted by atomic mass is 33.1. The minimum absolute atomic E-state index is 0.0329. The van der Waals surface area contributed by atoms with E-state index in [0.29, 0.717) is 34.0 Å². The van der Waals surface area contributed by atoms with Gasteiger partial charge in [-0.1, -0.05) is 90.9 Å². The van der Waals surface area contributed by atoms with Gasteiger partial charge in [0.15, 0.2) is 6.04 Å². The van der Waals surface area contributed by atoms with E-state index in [2.05, 4.69) is 20.8 Å². The van der Waals surface area contributed by atoms with Crippen molar-refractivity contribution in [3.63, 3.8) is 0 Å². The van der Waals surface area contributed by atoms with Crippen LogP contribution in [0.5, 0.6) is 0 Å². The van der Waals surface area contributed by atoms with Crippen molar-refractivity contribution in [2.24, 2.45) is 10.7 Å². The van der Waals surface area contributed by atoms with Crippen molar-refractivity contribution in [1.29, 1.82) is 0 Å². The Balaban J connectivity index is 2.22. The van der Waals surface area contributed by atoms with E-state index in [9.17, 15) is 19.2 Å². The maximum atomic E-state index is 14.9. The Bertz CT molecular complexity index is 1460. The zero-order valence-corrected chi connectivity index (χ0v) is 31.1. The zero-order chi connectivity index (χ0) is 35.1. The molecule has 13 heteroatoms. The van der Waals surface area contributed by atoms with Gasteiger partial charge in [0.1, 0.15) is 5.60 Å². The second-order valence-electron chi connectivity index (χ2n) is 13.1. The lowest BCUT2D eigenvalue weighted by Crippen LogP contribution is -2.62. The Hall–Kier alpha value is -3.00. The molecule has 3 rings (SSSR count). The summed E-state index contributed by atoms with van der Waals surface area (Å²) in [4.78, 5) is 62.2. The van der Waals surface area contributed by atoms with Crippen LogP contribution >= 0.6 is 33.3 Å². The molecule has 0 saturated heterocycles. The topological polar surface area (TPSA) is 126 Å². The van der Waals surface area contributed by atoms with Crippen LogP contribution in [-0.2, 0) is 23.9 Å². The number of aliphatic imine (C=N–C) groups is 1. The van der Waals surface area contributed by atoms with Gasteiger partial charge in [-0.25, -0.2) is 19.8 Å². The molecule has 1 aliphatic heterocycles. The summed E-state index contributed by atoms with van der Waals surface area (Å²) < 4.78 is 5.74. The summed E-state index contributed by atoms with van der Waals surface area (Å²) in [5, 5.41) is 2.37. The molecule has 0 bridgehead atoms. The van der Waals surface area contributed by atoms with Crippen LogP contribution in [0.2, 0.25) is 0 Å². The van der Waals surface area contributed by atoms with Gasteiger partial charge in [0, 0.05) is 35.6 Å². The van der Waals surface area contributed by atoms with E-state index in [1.54, 1.807) is 49.8 Å². The molecule has 1 aliphatic rings. The van der Waals surface area contributed by atoms with Crippen LogP contribution in [0.25, 0.3) is 0 Å². The van der Waals surface area contributed by atoms with Gasteiger partial charge < -0.3 is 15.4 Å². The second-order valence-corrected chi connectivity index (χ2v) is 17.3. The van der Waals surface area contributed by atoms with Gasteiger partial charge in [0.05, 0.1) is 17.4 Å². The number of hydrogen-bond donors (Lipinski definition) is 1. The molecule has 2 aromatic rings. The van der Waals surface area contributed by atoms with Gasteiger partial charge in [-0.05, 0) is 45.3 Å². The molecule has 0 aliphatic carbocycles. The lowest BCUT2D eigenvalue weighted by Gasteiger charge is -2.40. The van der Waals surface area contributed by atoms with E-state index in [1.807, 2.05) is 42.7 Å². The fraction of sp³-hybridized carbons (Fsp3) is 0.500. The highest BCUT2D eigenvalue weighted by Crippen LogP contribution is 2.36. The first-order valence-corrected chi connectivity index (χ1v) is 19.1. The predicted octanol–water partition coefficient (Wildman–Crippen LogP) is 5.39. The molecule has 256 valence electrons. The van der Waals surface area contributed by atoms with Crippen LogP contribution in [0.1, 0.15) is 66.0 Å². The van der Waals surface area contributed by atoms with Gasteiger partial charge in [0.25, 0.3) is 5.91 Å². The van der Waals surface area contributed by atoms with Gasteiger partial charge in [0.2, 0.25) is 18.0 Å². The number of para-hydroxylation sites is 1. The van der Waals surface area contributed by atoms with E-state index in [4.69, 9.17) is 15.5 Å². The quantitative estimate of drug-likeness (QED) is 0.229. The Morgan fingerprint density at radius 1 is 1.02 bits per heavy atom. The number of carbonyl (C=O) groups excluding carboxylic acids is 4. The van der Waals surface area contributed by atoms with E-state index >= 15 is 0 Å². The minimum atomic E-state index is -1.40. The van der Waals surface area contributed by atoms with Crippen LogP contribution in [0.4, 0.5) is 5.69 Å². The van der Waals surface area contributed by atoms with Crippen LogP contribution in [0, 0.1) is 0 Å². The SMILES string of the molecule is CSCC[C@@H](C(=O)OC(C)(C)C)N(C(C)=O)N1C(=O)C(N(C)C(=O)C(N)CSSC(C)(C)C)N=C(c2ccccc2)c2ccccc21. The first kappa shape index (κ1) is 38.4. The number of anilines is 1. The van der Waals surface area contributed by atoms with E-state index in [0.717, 1.165) is 5.01 Å². The molecule has 0 radical (unpaired) electrons. The maximum Gasteiger partial charge on any atom is 0.331 e. The number of rotatable bonds is 12. The predicted molar refractivity (Wildman–Crippen MR) is 195 cm³/mol. The maximum absolute atomic E-state index is 14.9. The van der Waals surface area contributed by atoms with Crippen molar-refractivity contribution in [1.82, 2.24) is 9.91 Å². The molecule has 0 spiro atoms. The Kier molecular flexibility index (Phi) is 13.4. The third-order valence-corrected chi connectivity index (χ3v) is 10.8. The van der Waals surface area contributed by atoms with Crippen molar-refractivity contribution in [3.05, 3.63) is 65.7 Å². The fourth-order valence-electron chi connectivity index (χ4n) is 4.81. The summed E-state index contributed by atoms with van der Waals surface area (Å²) in [6, 6.07) is 14.3. The summed E-state index contributed by atoms with van der Waals surface area (Å²) >= 11 is 1.51. The highest BCUT2D eigenvalue weighted by Gasteiger charge is 2.44. The number of fused-ring (bicyclic) bond motifs is 1. The number of nitrogens with zero attached hydrogens (tertiary/aromatic N) is 4. The second kappa shape index (κ2) is 16.4. The standard InChI is InChI=1S/C34H47N5O5S3/c1-22(40)38(27(19-20-45-9)32(43)44-33(2,3)4)39-26-18-14-13-17-24(26)28(23-15-11-10-12-16-23)36-29(31(39)42)37(8)30(41)25(35)21-46-47-34(5,6)7/h10-18,25,27,29H,19-21,35H2,1-9H3/t25?,27-,29?/m0/s1.